The van der Waals surface area contributed by atoms with Crippen LogP contribution in [0.25, 0.3) is 6.08 Å². The first-order valence-corrected chi connectivity index (χ1v) is 3.94. The predicted molar refractivity (Wildman–Crippen MR) is 48.0 cm³/mol. The van der Waals surface area contributed by atoms with E-state index in [1.54, 1.807) is 0 Å². The van der Waals surface area contributed by atoms with Crippen LogP contribution in [0, 0.1) is 11.6 Å². The molecule has 1 aromatic carbocycles. The van der Waals surface area contributed by atoms with E-state index in [0.717, 1.165) is 18.2 Å². The van der Waals surface area contributed by atoms with E-state index in [9.17, 15) is 13.6 Å². The van der Waals surface area contributed by atoms with Gasteiger partial charge in [-0.3, -0.25) is 0 Å². The standard InChI is InChI=1S/C9H5ClF2O2/c10-8-5(2-4-7(13)14)1-3-6(11)9(8)12/h1-4H,(H,13,14)/b4-2+. The smallest absolute Gasteiger partial charge is 0.328 e. The number of hydrogen-bond acceptors (Lipinski definition) is 1. The van der Waals surface area contributed by atoms with Crippen molar-refractivity contribution in [2.45, 2.75) is 0 Å². The summed E-state index contributed by atoms with van der Waals surface area (Å²) in [7, 11) is 0. The monoisotopic (exact) mass is 218 g/mol. The molecule has 2 nitrogen and oxygen atoms in total. The van der Waals surface area contributed by atoms with Crippen LogP contribution in [0.15, 0.2) is 18.2 Å². The number of rotatable bonds is 2. The molecule has 0 radical (unpaired) electrons. The van der Waals surface area contributed by atoms with Gasteiger partial charge in [-0.25, -0.2) is 13.6 Å². The van der Waals surface area contributed by atoms with Gasteiger partial charge in [-0.15, -0.1) is 0 Å². The fourth-order valence-corrected chi connectivity index (χ4v) is 1.05. The van der Waals surface area contributed by atoms with E-state index >= 15 is 0 Å². The molecule has 5 heteroatoms. The molecule has 0 spiro atoms. The zero-order chi connectivity index (χ0) is 10.7. The van der Waals surface area contributed by atoms with Gasteiger partial charge in [0.25, 0.3) is 0 Å². The Morgan fingerprint density at radius 2 is 2.07 bits per heavy atom. The Morgan fingerprint density at radius 3 is 2.64 bits per heavy atom. The molecule has 0 aromatic heterocycles. The molecule has 0 atom stereocenters. The van der Waals surface area contributed by atoms with Crippen LogP contribution in [0.4, 0.5) is 8.78 Å². The number of halogens is 3. The summed E-state index contributed by atoms with van der Waals surface area (Å²) in [4.78, 5) is 10.1. The number of aliphatic carboxylic acids is 1. The molecule has 1 rings (SSSR count). The molecule has 0 aliphatic heterocycles. The molecule has 0 aliphatic carbocycles. The van der Waals surface area contributed by atoms with Crippen LogP contribution in [0.5, 0.6) is 0 Å². The molecule has 1 aromatic rings. The average molecular weight is 219 g/mol. The van der Waals surface area contributed by atoms with Crippen LogP contribution in [-0.2, 0) is 4.79 Å². The van der Waals surface area contributed by atoms with Crippen molar-refractivity contribution in [1.82, 2.24) is 0 Å². The molecule has 74 valence electrons. The maximum atomic E-state index is 12.8. The van der Waals surface area contributed by atoms with E-state index in [0.29, 0.717) is 0 Å². The van der Waals surface area contributed by atoms with Crippen molar-refractivity contribution in [1.29, 1.82) is 0 Å². The van der Waals surface area contributed by atoms with Crippen molar-refractivity contribution in [3.8, 4) is 0 Å². The summed E-state index contributed by atoms with van der Waals surface area (Å²) in [6.45, 7) is 0. The molecule has 14 heavy (non-hydrogen) atoms. The maximum Gasteiger partial charge on any atom is 0.328 e. The van der Waals surface area contributed by atoms with E-state index in [1.165, 1.54) is 6.07 Å². The van der Waals surface area contributed by atoms with Crippen molar-refractivity contribution < 1.29 is 18.7 Å². The highest BCUT2D eigenvalue weighted by Gasteiger charge is 2.09. The lowest BCUT2D eigenvalue weighted by Gasteiger charge is -1.99. The van der Waals surface area contributed by atoms with Crippen molar-refractivity contribution in [3.63, 3.8) is 0 Å². The molecule has 0 heterocycles. The Kier molecular flexibility index (Phi) is 3.19. The van der Waals surface area contributed by atoms with E-state index < -0.39 is 22.6 Å². The van der Waals surface area contributed by atoms with Gasteiger partial charge in [0.15, 0.2) is 11.6 Å². The Balaban J connectivity index is 3.12. The van der Waals surface area contributed by atoms with E-state index in [2.05, 4.69) is 0 Å². The summed E-state index contributed by atoms with van der Waals surface area (Å²) in [5, 5.41) is 7.86. The summed E-state index contributed by atoms with van der Waals surface area (Å²) in [6, 6.07) is 2.07. The first-order valence-electron chi connectivity index (χ1n) is 3.57. The molecular formula is C9H5ClF2O2. The topological polar surface area (TPSA) is 37.3 Å². The Morgan fingerprint density at radius 1 is 1.43 bits per heavy atom. The quantitative estimate of drug-likeness (QED) is 0.612. The Labute approximate surface area is 83.4 Å². The van der Waals surface area contributed by atoms with Crippen molar-refractivity contribution in [2.75, 3.05) is 0 Å². The van der Waals surface area contributed by atoms with Gasteiger partial charge < -0.3 is 5.11 Å². The maximum absolute atomic E-state index is 12.8. The highest BCUT2D eigenvalue weighted by atomic mass is 35.5. The minimum atomic E-state index is -1.19. The summed E-state index contributed by atoms with van der Waals surface area (Å²) in [6.07, 6.45) is 1.88. The number of benzene rings is 1. The molecule has 0 saturated heterocycles. The first kappa shape index (κ1) is 10.7. The molecule has 0 amide bonds. The normalized spacial score (nSPS) is 10.8. The van der Waals surface area contributed by atoms with Gasteiger partial charge in [0.05, 0.1) is 5.02 Å². The Bertz CT molecular complexity index is 402. The second-order valence-electron chi connectivity index (χ2n) is 2.44. The number of carboxylic acids is 1. The lowest BCUT2D eigenvalue weighted by Crippen LogP contribution is -1.90. The van der Waals surface area contributed by atoms with Gasteiger partial charge in [-0.1, -0.05) is 17.7 Å². The van der Waals surface area contributed by atoms with Gasteiger partial charge in [0, 0.05) is 6.08 Å². The highest BCUT2D eigenvalue weighted by Crippen LogP contribution is 2.23. The molecule has 0 bridgehead atoms. The summed E-state index contributed by atoms with van der Waals surface area (Å²) in [5.41, 5.74) is 0.118. The van der Waals surface area contributed by atoms with Crippen LogP contribution in [0.2, 0.25) is 5.02 Å². The van der Waals surface area contributed by atoms with Crippen molar-refractivity contribution in [3.05, 3.63) is 40.4 Å². The molecule has 0 aliphatic rings. The van der Waals surface area contributed by atoms with Crippen LogP contribution < -0.4 is 0 Å². The van der Waals surface area contributed by atoms with Crippen LogP contribution in [-0.4, -0.2) is 11.1 Å². The van der Waals surface area contributed by atoms with E-state index in [4.69, 9.17) is 16.7 Å². The minimum absolute atomic E-state index is 0.118. The van der Waals surface area contributed by atoms with Gasteiger partial charge >= 0.3 is 5.97 Å². The molecule has 1 N–H and O–H groups in total. The lowest BCUT2D eigenvalue weighted by atomic mass is 10.2. The number of carbonyl (C=O) groups is 1. The van der Waals surface area contributed by atoms with Crippen molar-refractivity contribution >= 4 is 23.6 Å². The summed E-state index contributed by atoms with van der Waals surface area (Å²) >= 11 is 5.42. The first-order chi connectivity index (χ1) is 6.52. The summed E-state index contributed by atoms with van der Waals surface area (Å²) < 4.78 is 25.4. The molecule has 0 saturated carbocycles. The lowest BCUT2D eigenvalue weighted by molar-refractivity contribution is -0.131. The van der Waals surface area contributed by atoms with Crippen LogP contribution >= 0.6 is 11.6 Å². The molecule has 0 unspecified atom stereocenters. The third-order valence-electron chi connectivity index (χ3n) is 1.47. The van der Waals surface area contributed by atoms with Crippen molar-refractivity contribution in [2.24, 2.45) is 0 Å². The minimum Gasteiger partial charge on any atom is -0.478 e. The fraction of sp³-hybridized carbons (Fsp3) is 0. The van der Waals surface area contributed by atoms with Crippen LogP contribution in [0.1, 0.15) is 5.56 Å². The highest BCUT2D eigenvalue weighted by molar-refractivity contribution is 6.32. The molecule has 0 fully saturated rings. The average Bonchev–Trinajstić information content (AvgIpc) is 2.13. The van der Waals surface area contributed by atoms with Crippen LogP contribution in [0.3, 0.4) is 0 Å². The van der Waals surface area contributed by atoms with Gasteiger partial charge in [0.2, 0.25) is 0 Å². The van der Waals surface area contributed by atoms with Gasteiger partial charge in [-0.05, 0) is 17.7 Å². The zero-order valence-electron chi connectivity index (χ0n) is 6.80. The zero-order valence-corrected chi connectivity index (χ0v) is 7.55. The second-order valence-corrected chi connectivity index (χ2v) is 2.81. The predicted octanol–water partition coefficient (Wildman–Crippen LogP) is 2.72. The third kappa shape index (κ3) is 2.29. The van der Waals surface area contributed by atoms with Gasteiger partial charge in [-0.2, -0.15) is 0 Å². The number of carboxylic acid groups (broad SMARTS) is 1. The number of hydrogen-bond donors (Lipinski definition) is 1. The van der Waals surface area contributed by atoms with Gasteiger partial charge in [0.1, 0.15) is 0 Å². The fourth-order valence-electron chi connectivity index (χ4n) is 0.831. The van der Waals surface area contributed by atoms with E-state index in [1.807, 2.05) is 0 Å². The third-order valence-corrected chi connectivity index (χ3v) is 1.85. The Hall–Kier alpha value is -1.42. The largest absolute Gasteiger partial charge is 0.478 e. The summed E-state index contributed by atoms with van der Waals surface area (Å²) in [5.74, 6) is -3.44. The molecular weight excluding hydrogens is 214 g/mol. The SMILES string of the molecule is O=C(O)/C=C/c1ccc(F)c(F)c1Cl. The second kappa shape index (κ2) is 4.19. The van der Waals surface area contributed by atoms with E-state index in [-0.39, 0.29) is 5.56 Å².